The Morgan fingerprint density at radius 2 is 1.62 bits per heavy atom. The van der Waals surface area contributed by atoms with Gasteiger partial charge in [-0.2, -0.15) is 0 Å². The molecule has 2 aromatic rings. The van der Waals surface area contributed by atoms with Crippen molar-refractivity contribution in [3.8, 4) is 0 Å². The molecule has 3 heterocycles. The molecular formula is C42H57BrN4O3. The van der Waals surface area contributed by atoms with Crippen molar-refractivity contribution in [1.82, 2.24) is 9.80 Å². The molecule has 4 fully saturated rings. The van der Waals surface area contributed by atoms with Crippen molar-refractivity contribution >= 4 is 45.5 Å². The number of carbonyl (C=O) groups excluding carboxylic acids is 2. The van der Waals surface area contributed by atoms with Crippen molar-refractivity contribution in [2.24, 2.45) is 16.3 Å². The minimum absolute atomic E-state index is 0.0911. The van der Waals surface area contributed by atoms with Crippen molar-refractivity contribution in [2.75, 3.05) is 44.7 Å². The number of amides is 1. The number of benzene rings is 2. The van der Waals surface area contributed by atoms with Crippen LogP contribution >= 0.6 is 15.9 Å². The third-order valence-electron chi connectivity index (χ3n) is 12.9. The van der Waals surface area contributed by atoms with Crippen LogP contribution < -0.4 is 4.90 Å². The summed E-state index contributed by atoms with van der Waals surface area (Å²) in [6.07, 6.45) is 16.7. The number of anilines is 2. The Kier molecular flexibility index (Phi) is 10.3. The molecule has 270 valence electrons. The van der Waals surface area contributed by atoms with Crippen LogP contribution in [0.4, 0.5) is 16.2 Å². The van der Waals surface area contributed by atoms with Crippen molar-refractivity contribution in [1.29, 1.82) is 0 Å². The van der Waals surface area contributed by atoms with Crippen LogP contribution in [0.1, 0.15) is 132 Å². The van der Waals surface area contributed by atoms with Crippen LogP contribution in [0.2, 0.25) is 0 Å². The van der Waals surface area contributed by atoms with E-state index in [1.165, 1.54) is 94.2 Å². The summed E-state index contributed by atoms with van der Waals surface area (Å²) in [5, 5.41) is 0. The number of aliphatic imine (C=N–C) groups is 1. The van der Waals surface area contributed by atoms with Crippen LogP contribution in [0.5, 0.6) is 0 Å². The molecule has 7 rings (SSSR count). The number of likely N-dealkylation sites (tertiary alicyclic amines) is 2. The first-order valence-electron chi connectivity index (χ1n) is 19.4. The summed E-state index contributed by atoms with van der Waals surface area (Å²) in [5.74, 6) is 2.47. The van der Waals surface area contributed by atoms with E-state index in [1.807, 2.05) is 44.9 Å². The Bertz CT molecular complexity index is 1580. The normalized spacial score (nSPS) is 23.8. The zero-order valence-corrected chi connectivity index (χ0v) is 32.4. The average Bonchev–Trinajstić information content (AvgIpc) is 3.37. The first kappa shape index (κ1) is 35.7. The number of fused-ring (bicyclic) bond motifs is 2. The van der Waals surface area contributed by atoms with Gasteiger partial charge in [-0.3, -0.25) is 14.7 Å². The van der Waals surface area contributed by atoms with Crippen LogP contribution in [0.15, 0.2) is 45.9 Å². The van der Waals surface area contributed by atoms with Gasteiger partial charge >= 0.3 is 6.09 Å². The lowest BCUT2D eigenvalue weighted by atomic mass is 9.65. The van der Waals surface area contributed by atoms with Gasteiger partial charge in [-0.25, -0.2) is 4.79 Å². The second-order valence-electron chi connectivity index (χ2n) is 17.1. The number of rotatable bonds is 5. The predicted molar refractivity (Wildman–Crippen MR) is 206 cm³/mol. The maximum Gasteiger partial charge on any atom is 0.410 e. The molecule has 8 heteroatoms. The largest absolute Gasteiger partial charge is 0.444 e. The maximum absolute atomic E-state index is 12.6. The molecule has 2 saturated heterocycles. The van der Waals surface area contributed by atoms with Crippen molar-refractivity contribution in [3.05, 3.63) is 57.6 Å². The minimum atomic E-state index is -0.433. The van der Waals surface area contributed by atoms with Crippen molar-refractivity contribution in [2.45, 2.75) is 121 Å². The number of hydrogen-bond donors (Lipinski definition) is 0. The summed E-state index contributed by atoms with van der Waals surface area (Å²) in [5.41, 5.74) is 5.59. The van der Waals surface area contributed by atoms with Crippen LogP contribution in [0.3, 0.4) is 0 Å². The van der Waals surface area contributed by atoms with E-state index in [0.717, 1.165) is 67.0 Å². The summed E-state index contributed by atoms with van der Waals surface area (Å²) in [7, 11) is 1.93. The Hall–Kier alpha value is -2.71. The van der Waals surface area contributed by atoms with E-state index < -0.39 is 5.60 Å². The molecule has 0 N–H and O–H groups in total. The molecule has 1 amide bonds. The van der Waals surface area contributed by atoms with Gasteiger partial charge in [0.15, 0.2) is 6.29 Å². The fourth-order valence-corrected chi connectivity index (χ4v) is 10.6. The van der Waals surface area contributed by atoms with Crippen LogP contribution in [-0.4, -0.2) is 73.4 Å². The standard InChI is InChI=1S/C42H57BrN4O3/c1-40(2,3)50-39(49)46-25-21-41(22-26-46)19-13-30(14-20-41)28-45-23-15-31(16-24-45)32-11-12-37-34(27-32)42(17-6-5-7-18-42)38(44-4)47(37)36-10-8-9-35(43)33(36)29-48/h8-12,27,29-31H,5-7,13-26,28H2,1-4H3. The van der Waals surface area contributed by atoms with Crippen molar-refractivity contribution < 1.29 is 14.3 Å². The number of aldehydes is 1. The van der Waals surface area contributed by atoms with E-state index in [9.17, 15) is 9.59 Å². The van der Waals surface area contributed by atoms with Crippen LogP contribution in [0.25, 0.3) is 0 Å². The quantitative estimate of drug-likeness (QED) is 0.285. The van der Waals surface area contributed by atoms with Crippen LogP contribution in [-0.2, 0) is 10.2 Å². The number of ether oxygens (including phenoxy) is 1. The molecular weight excluding hydrogens is 688 g/mol. The number of hydrogen-bond acceptors (Lipinski definition) is 5. The smallest absolute Gasteiger partial charge is 0.410 e. The van der Waals surface area contributed by atoms with E-state index in [-0.39, 0.29) is 11.5 Å². The van der Waals surface area contributed by atoms with Crippen molar-refractivity contribution in [3.63, 3.8) is 0 Å². The van der Waals surface area contributed by atoms with Gasteiger partial charge in [-0.1, -0.05) is 37.5 Å². The van der Waals surface area contributed by atoms with Gasteiger partial charge in [-0.15, -0.1) is 0 Å². The fourth-order valence-electron chi connectivity index (χ4n) is 10.2. The number of halogens is 1. The molecule has 2 aromatic carbocycles. The summed E-state index contributed by atoms with van der Waals surface area (Å²) >= 11 is 3.64. The van der Waals surface area contributed by atoms with Crippen LogP contribution in [0, 0.1) is 11.3 Å². The second-order valence-corrected chi connectivity index (χ2v) is 17.9. The SMILES string of the molecule is CN=C1N(c2cccc(Br)c2C=O)c2ccc(C3CCN(CC4CCC5(CC4)CCN(C(=O)OC(C)(C)C)CC5)CC3)cc2C12CCCCC2. The molecule has 0 aromatic heterocycles. The van der Waals surface area contributed by atoms with Gasteiger partial charge in [0.1, 0.15) is 11.4 Å². The molecule has 0 unspecified atom stereocenters. The Morgan fingerprint density at radius 3 is 2.26 bits per heavy atom. The number of amidine groups is 1. The Labute approximate surface area is 308 Å². The third kappa shape index (κ3) is 6.92. The summed E-state index contributed by atoms with van der Waals surface area (Å²) < 4.78 is 6.46. The highest BCUT2D eigenvalue weighted by Gasteiger charge is 2.50. The average molecular weight is 746 g/mol. The fraction of sp³-hybridized carbons (Fsp3) is 0.643. The highest BCUT2D eigenvalue weighted by Crippen LogP contribution is 2.54. The third-order valence-corrected chi connectivity index (χ3v) is 13.6. The molecule has 2 spiro atoms. The van der Waals surface area contributed by atoms with Gasteiger partial charge in [0.2, 0.25) is 0 Å². The number of nitrogens with zero attached hydrogens (tertiary/aromatic N) is 4. The van der Waals surface area contributed by atoms with Gasteiger partial charge in [0.25, 0.3) is 0 Å². The van der Waals surface area contributed by atoms with Gasteiger partial charge in [0, 0.05) is 31.2 Å². The summed E-state index contributed by atoms with van der Waals surface area (Å²) in [6.45, 7) is 11.1. The summed E-state index contributed by atoms with van der Waals surface area (Å²) in [4.78, 5) is 36.9. The first-order valence-corrected chi connectivity index (χ1v) is 20.2. The molecule has 50 heavy (non-hydrogen) atoms. The molecule has 5 aliphatic rings. The zero-order valence-electron chi connectivity index (χ0n) is 30.8. The van der Waals surface area contributed by atoms with E-state index in [1.54, 1.807) is 0 Å². The van der Waals surface area contributed by atoms with Gasteiger partial charge in [0.05, 0.1) is 22.4 Å². The van der Waals surface area contributed by atoms with E-state index in [0.29, 0.717) is 16.9 Å². The molecule has 2 aliphatic carbocycles. The molecule has 0 atom stereocenters. The lowest BCUT2D eigenvalue weighted by molar-refractivity contribution is -0.000227. The molecule has 3 aliphatic heterocycles. The number of piperidine rings is 2. The van der Waals surface area contributed by atoms with E-state index in [2.05, 4.69) is 50.0 Å². The predicted octanol–water partition coefficient (Wildman–Crippen LogP) is 10.0. The maximum atomic E-state index is 12.6. The monoisotopic (exact) mass is 744 g/mol. The molecule has 7 nitrogen and oxygen atoms in total. The van der Waals surface area contributed by atoms with Gasteiger partial charge in [-0.05, 0) is 161 Å². The Morgan fingerprint density at radius 1 is 0.920 bits per heavy atom. The first-order chi connectivity index (χ1) is 24.0. The molecule has 2 saturated carbocycles. The summed E-state index contributed by atoms with van der Waals surface area (Å²) in [6, 6.07) is 13.3. The highest BCUT2D eigenvalue weighted by molar-refractivity contribution is 9.10. The lowest BCUT2D eigenvalue weighted by Crippen LogP contribution is -2.46. The molecule has 0 bridgehead atoms. The van der Waals surface area contributed by atoms with E-state index >= 15 is 0 Å². The second kappa shape index (κ2) is 14.4. The van der Waals surface area contributed by atoms with Gasteiger partial charge < -0.3 is 14.5 Å². The minimum Gasteiger partial charge on any atom is -0.444 e. The lowest BCUT2D eigenvalue weighted by Gasteiger charge is -2.46. The topological polar surface area (TPSA) is 65.5 Å². The zero-order chi connectivity index (χ0) is 35.1. The Balaban J connectivity index is 0.983. The van der Waals surface area contributed by atoms with E-state index in [4.69, 9.17) is 9.73 Å². The number of carbonyl (C=O) groups is 2. The highest BCUT2D eigenvalue weighted by atomic mass is 79.9. The molecule has 0 radical (unpaired) electrons.